The van der Waals surface area contributed by atoms with Crippen LogP contribution < -0.4 is 5.32 Å². The van der Waals surface area contributed by atoms with Crippen LogP contribution in [0.1, 0.15) is 16.1 Å². The Morgan fingerprint density at radius 1 is 1.38 bits per heavy atom. The van der Waals surface area contributed by atoms with E-state index in [1.807, 2.05) is 30.3 Å². The summed E-state index contributed by atoms with van der Waals surface area (Å²) < 4.78 is 0.946. The van der Waals surface area contributed by atoms with Gasteiger partial charge in [0.2, 0.25) is 0 Å². The van der Waals surface area contributed by atoms with Crippen molar-refractivity contribution in [3.63, 3.8) is 0 Å². The number of halogens is 1. The van der Waals surface area contributed by atoms with Crippen LogP contribution in [0.15, 0.2) is 36.5 Å². The number of rotatable bonds is 3. The molecule has 2 rings (SSSR count). The highest BCUT2D eigenvalue weighted by molar-refractivity contribution is 14.1. The molecule has 5 heteroatoms. The highest BCUT2D eigenvalue weighted by atomic mass is 127. The van der Waals surface area contributed by atoms with Gasteiger partial charge in [-0.05, 0) is 40.8 Å². The SMILES string of the molecule is O=C(NCc1ccn[nH]1)c1ccccc1I. The van der Waals surface area contributed by atoms with Crippen molar-refractivity contribution in [1.29, 1.82) is 0 Å². The normalized spacial score (nSPS) is 10.1. The van der Waals surface area contributed by atoms with Crippen LogP contribution in [0.5, 0.6) is 0 Å². The third-order valence-electron chi connectivity index (χ3n) is 2.12. The third-order valence-corrected chi connectivity index (χ3v) is 3.06. The number of benzene rings is 1. The van der Waals surface area contributed by atoms with E-state index < -0.39 is 0 Å². The lowest BCUT2D eigenvalue weighted by Crippen LogP contribution is -2.23. The molecule has 0 unspecified atom stereocenters. The molecule has 16 heavy (non-hydrogen) atoms. The minimum Gasteiger partial charge on any atom is -0.346 e. The number of amides is 1. The Bertz CT molecular complexity index is 482. The predicted octanol–water partition coefficient (Wildman–Crippen LogP) is 1.94. The molecule has 0 saturated heterocycles. The van der Waals surface area contributed by atoms with Gasteiger partial charge in [0.05, 0.1) is 17.8 Å². The summed E-state index contributed by atoms with van der Waals surface area (Å²) in [5.41, 5.74) is 1.59. The lowest BCUT2D eigenvalue weighted by Gasteiger charge is -2.05. The molecule has 4 nitrogen and oxygen atoms in total. The lowest BCUT2D eigenvalue weighted by molar-refractivity contribution is 0.0949. The number of aromatic amines is 1. The zero-order valence-electron chi connectivity index (χ0n) is 8.40. The van der Waals surface area contributed by atoms with E-state index in [0.29, 0.717) is 12.1 Å². The Labute approximate surface area is 107 Å². The summed E-state index contributed by atoms with van der Waals surface area (Å²) in [6.07, 6.45) is 1.66. The number of hydrogen-bond acceptors (Lipinski definition) is 2. The molecule has 2 aromatic rings. The van der Waals surface area contributed by atoms with E-state index in [1.165, 1.54) is 0 Å². The van der Waals surface area contributed by atoms with Crippen molar-refractivity contribution in [2.24, 2.45) is 0 Å². The third kappa shape index (κ3) is 2.60. The fraction of sp³-hybridized carbons (Fsp3) is 0.0909. The fourth-order valence-corrected chi connectivity index (χ4v) is 1.93. The smallest absolute Gasteiger partial charge is 0.252 e. The van der Waals surface area contributed by atoms with E-state index in [-0.39, 0.29) is 5.91 Å². The molecule has 0 aliphatic carbocycles. The molecular weight excluding hydrogens is 317 g/mol. The molecule has 0 spiro atoms. The molecule has 0 radical (unpaired) electrons. The number of H-pyrrole nitrogens is 1. The van der Waals surface area contributed by atoms with Crippen LogP contribution >= 0.6 is 22.6 Å². The first-order valence-electron chi connectivity index (χ1n) is 4.78. The van der Waals surface area contributed by atoms with Gasteiger partial charge in [-0.15, -0.1) is 0 Å². The molecule has 0 fully saturated rings. The van der Waals surface area contributed by atoms with E-state index in [0.717, 1.165) is 9.26 Å². The van der Waals surface area contributed by atoms with Gasteiger partial charge in [-0.1, -0.05) is 12.1 Å². The molecule has 82 valence electrons. The second kappa shape index (κ2) is 5.11. The number of carbonyl (C=O) groups excluding carboxylic acids is 1. The van der Waals surface area contributed by atoms with Crippen molar-refractivity contribution in [3.8, 4) is 0 Å². The van der Waals surface area contributed by atoms with Crippen LogP contribution in [0.25, 0.3) is 0 Å². The highest BCUT2D eigenvalue weighted by Crippen LogP contribution is 2.11. The van der Waals surface area contributed by atoms with Gasteiger partial charge in [0.15, 0.2) is 0 Å². The van der Waals surface area contributed by atoms with Crippen molar-refractivity contribution in [2.75, 3.05) is 0 Å². The maximum Gasteiger partial charge on any atom is 0.252 e. The van der Waals surface area contributed by atoms with Crippen molar-refractivity contribution >= 4 is 28.5 Å². The van der Waals surface area contributed by atoms with Gasteiger partial charge in [-0.3, -0.25) is 9.89 Å². The Morgan fingerprint density at radius 3 is 2.88 bits per heavy atom. The minimum atomic E-state index is -0.0698. The highest BCUT2D eigenvalue weighted by Gasteiger charge is 2.08. The van der Waals surface area contributed by atoms with Gasteiger partial charge >= 0.3 is 0 Å². The van der Waals surface area contributed by atoms with Crippen LogP contribution in [-0.4, -0.2) is 16.1 Å². The molecule has 0 saturated carbocycles. The largest absolute Gasteiger partial charge is 0.346 e. The minimum absolute atomic E-state index is 0.0698. The summed E-state index contributed by atoms with van der Waals surface area (Å²) in [5.74, 6) is -0.0698. The first-order valence-corrected chi connectivity index (χ1v) is 5.86. The zero-order valence-corrected chi connectivity index (χ0v) is 10.6. The second-order valence-corrected chi connectivity index (χ2v) is 4.41. The maximum absolute atomic E-state index is 11.8. The zero-order chi connectivity index (χ0) is 11.4. The van der Waals surface area contributed by atoms with Crippen LogP contribution in [0, 0.1) is 3.57 Å². The van der Waals surface area contributed by atoms with Crippen LogP contribution in [0.3, 0.4) is 0 Å². The molecule has 0 bridgehead atoms. The van der Waals surface area contributed by atoms with Crippen LogP contribution in [0.2, 0.25) is 0 Å². The van der Waals surface area contributed by atoms with E-state index in [2.05, 4.69) is 38.1 Å². The predicted molar refractivity (Wildman–Crippen MR) is 68.9 cm³/mol. The molecule has 1 amide bonds. The average Bonchev–Trinajstić information content (AvgIpc) is 2.79. The molecule has 1 heterocycles. The van der Waals surface area contributed by atoms with Crippen molar-refractivity contribution < 1.29 is 4.79 Å². The number of hydrogen-bond donors (Lipinski definition) is 2. The number of nitrogens with one attached hydrogen (secondary N) is 2. The summed E-state index contributed by atoms with van der Waals surface area (Å²) in [6, 6.07) is 9.31. The first-order chi connectivity index (χ1) is 7.77. The lowest BCUT2D eigenvalue weighted by atomic mass is 10.2. The van der Waals surface area contributed by atoms with Gasteiger partial charge in [-0.25, -0.2) is 0 Å². The molecular formula is C11H10IN3O. The maximum atomic E-state index is 11.8. The Hall–Kier alpha value is -1.37. The van der Waals surface area contributed by atoms with E-state index in [4.69, 9.17) is 0 Å². The molecule has 0 atom stereocenters. The molecule has 2 N–H and O–H groups in total. The van der Waals surface area contributed by atoms with Crippen LogP contribution in [-0.2, 0) is 6.54 Å². The summed E-state index contributed by atoms with van der Waals surface area (Å²) in [6.45, 7) is 0.462. The number of nitrogens with zero attached hydrogens (tertiary/aromatic N) is 1. The molecule has 0 aliphatic rings. The fourth-order valence-electron chi connectivity index (χ4n) is 1.30. The summed E-state index contributed by atoms with van der Waals surface area (Å²) in [5, 5.41) is 9.43. The van der Waals surface area contributed by atoms with Gasteiger partial charge in [-0.2, -0.15) is 5.10 Å². The second-order valence-electron chi connectivity index (χ2n) is 3.24. The van der Waals surface area contributed by atoms with Crippen molar-refractivity contribution in [1.82, 2.24) is 15.5 Å². The molecule has 0 aliphatic heterocycles. The van der Waals surface area contributed by atoms with Crippen LogP contribution in [0.4, 0.5) is 0 Å². The van der Waals surface area contributed by atoms with E-state index in [9.17, 15) is 4.79 Å². The Kier molecular flexibility index (Phi) is 3.55. The molecule has 1 aromatic carbocycles. The average molecular weight is 327 g/mol. The summed E-state index contributed by atoms with van der Waals surface area (Å²) in [4.78, 5) is 11.8. The summed E-state index contributed by atoms with van der Waals surface area (Å²) >= 11 is 2.15. The van der Waals surface area contributed by atoms with Gasteiger partial charge in [0.1, 0.15) is 0 Å². The quantitative estimate of drug-likeness (QED) is 0.847. The number of aromatic nitrogens is 2. The Morgan fingerprint density at radius 2 is 2.19 bits per heavy atom. The standard InChI is InChI=1S/C11H10IN3O/c12-10-4-2-1-3-9(10)11(16)13-7-8-5-6-14-15-8/h1-6H,7H2,(H,13,16)(H,14,15). The topological polar surface area (TPSA) is 57.8 Å². The van der Waals surface area contributed by atoms with E-state index in [1.54, 1.807) is 6.20 Å². The van der Waals surface area contributed by atoms with E-state index >= 15 is 0 Å². The number of carbonyl (C=O) groups is 1. The molecule has 1 aromatic heterocycles. The van der Waals surface area contributed by atoms with Gasteiger partial charge < -0.3 is 5.32 Å². The first kappa shape index (κ1) is 11.1. The Balaban J connectivity index is 2.01. The monoisotopic (exact) mass is 327 g/mol. The van der Waals surface area contributed by atoms with Gasteiger partial charge in [0, 0.05) is 9.77 Å². The van der Waals surface area contributed by atoms with Gasteiger partial charge in [0.25, 0.3) is 5.91 Å². The van der Waals surface area contributed by atoms with Crippen molar-refractivity contribution in [2.45, 2.75) is 6.54 Å². The summed E-state index contributed by atoms with van der Waals surface area (Å²) in [7, 11) is 0. The van der Waals surface area contributed by atoms with Crippen molar-refractivity contribution in [3.05, 3.63) is 51.4 Å².